The van der Waals surface area contributed by atoms with E-state index in [4.69, 9.17) is 0 Å². The summed E-state index contributed by atoms with van der Waals surface area (Å²) in [6, 6.07) is 13.4. The summed E-state index contributed by atoms with van der Waals surface area (Å²) in [6.45, 7) is 3.10. The number of nitrogens with zero attached hydrogens (tertiary/aromatic N) is 5. The molecule has 3 amide bonds. The van der Waals surface area contributed by atoms with Gasteiger partial charge in [0.05, 0.1) is 17.6 Å². The van der Waals surface area contributed by atoms with Crippen molar-refractivity contribution in [3.63, 3.8) is 0 Å². The van der Waals surface area contributed by atoms with Crippen LogP contribution in [0.4, 0.5) is 0 Å². The third-order valence-corrected chi connectivity index (χ3v) is 6.94. The molecule has 6 rings (SSSR count). The van der Waals surface area contributed by atoms with E-state index >= 15 is 0 Å². The zero-order valence-electron chi connectivity index (χ0n) is 18.6. The number of carbonyl (C=O) groups is 3. The Morgan fingerprint density at radius 2 is 1.76 bits per heavy atom. The molecule has 1 saturated heterocycles. The second-order valence-corrected chi connectivity index (χ2v) is 9.09. The molecule has 0 radical (unpaired) electrons. The number of nitrogens with one attached hydrogen (secondary N) is 1. The molecule has 34 heavy (non-hydrogen) atoms. The summed E-state index contributed by atoms with van der Waals surface area (Å²) >= 11 is 0. The largest absolute Gasteiger partial charge is 0.322 e. The molecule has 172 valence electrons. The van der Waals surface area contributed by atoms with Crippen LogP contribution in [0, 0.1) is 0 Å². The van der Waals surface area contributed by atoms with Crippen LogP contribution in [0.5, 0.6) is 0 Å². The van der Waals surface area contributed by atoms with E-state index in [9.17, 15) is 14.4 Å². The van der Waals surface area contributed by atoms with Crippen molar-refractivity contribution in [1.29, 1.82) is 0 Å². The molecule has 0 spiro atoms. The Kier molecular flexibility index (Phi) is 4.99. The van der Waals surface area contributed by atoms with Gasteiger partial charge < -0.3 is 4.90 Å². The van der Waals surface area contributed by atoms with Crippen molar-refractivity contribution in [1.82, 2.24) is 30.1 Å². The molecule has 0 saturated carbocycles. The van der Waals surface area contributed by atoms with Gasteiger partial charge in [-0.15, -0.1) is 5.10 Å². The van der Waals surface area contributed by atoms with Crippen LogP contribution in [-0.4, -0.2) is 55.1 Å². The monoisotopic (exact) mass is 456 g/mol. The Bertz CT molecular complexity index is 1290. The van der Waals surface area contributed by atoms with Crippen LogP contribution in [-0.2, 0) is 35.6 Å². The number of aromatic nitrogens is 3. The topological polar surface area (TPSA) is 100 Å². The highest BCUT2D eigenvalue weighted by molar-refractivity contribution is 6.05. The van der Waals surface area contributed by atoms with Gasteiger partial charge in [0.2, 0.25) is 11.8 Å². The summed E-state index contributed by atoms with van der Waals surface area (Å²) in [5.74, 6) is -0.898. The molecular formula is C25H24N6O3. The predicted octanol–water partition coefficient (Wildman–Crippen LogP) is 1.59. The quantitative estimate of drug-likeness (QED) is 0.586. The maximum Gasteiger partial charge on any atom is 0.255 e. The number of hydrogen-bond acceptors (Lipinski definition) is 6. The number of piperidine rings is 1. The van der Waals surface area contributed by atoms with E-state index in [2.05, 4.69) is 44.8 Å². The second-order valence-electron chi connectivity index (χ2n) is 9.09. The summed E-state index contributed by atoms with van der Waals surface area (Å²) < 4.78 is 1.72. The predicted molar refractivity (Wildman–Crippen MR) is 122 cm³/mol. The van der Waals surface area contributed by atoms with Gasteiger partial charge in [0, 0.05) is 50.1 Å². The van der Waals surface area contributed by atoms with Crippen LogP contribution in [0.3, 0.4) is 0 Å². The van der Waals surface area contributed by atoms with E-state index in [0.29, 0.717) is 18.5 Å². The van der Waals surface area contributed by atoms with Crippen LogP contribution in [0.15, 0.2) is 48.7 Å². The summed E-state index contributed by atoms with van der Waals surface area (Å²) in [4.78, 5) is 40.9. The van der Waals surface area contributed by atoms with Gasteiger partial charge in [0.1, 0.15) is 6.04 Å². The fourth-order valence-corrected chi connectivity index (χ4v) is 5.15. The molecule has 2 aromatic carbocycles. The summed E-state index contributed by atoms with van der Waals surface area (Å²) in [7, 11) is 0. The molecule has 9 heteroatoms. The number of carbonyl (C=O) groups excluding carboxylic acids is 3. The molecule has 3 aromatic rings. The lowest BCUT2D eigenvalue weighted by molar-refractivity contribution is -0.136. The lowest BCUT2D eigenvalue weighted by Crippen LogP contribution is -2.52. The van der Waals surface area contributed by atoms with Crippen LogP contribution in [0.25, 0.3) is 5.69 Å². The van der Waals surface area contributed by atoms with Crippen molar-refractivity contribution in [3.05, 3.63) is 76.6 Å². The van der Waals surface area contributed by atoms with Crippen molar-refractivity contribution < 1.29 is 14.4 Å². The zero-order chi connectivity index (χ0) is 23.2. The van der Waals surface area contributed by atoms with Gasteiger partial charge in [0.15, 0.2) is 0 Å². The highest BCUT2D eigenvalue weighted by atomic mass is 16.2. The van der Waals surface area contributed by atoms with Crippen molar-refractivity contribution in [2.24, 2.45) is 0 Å². The zero-order valence-corrected chi connectivity index (χ0v) is 18.6. The van der Waals surface area contributed by atoms with E-state index in [0.717, 1.165) is 43.0 Å². The maximum atomic E-state index is 13.1. The standard InChI is InChI=1S/C25H24N6O3/c32-23-9-8-22(24(33)26-23)30-15-20-19(25(30)34)6-3-7-21(20)31-14-18(27-28-31)10-11-29-12-16-4-1-2-5-17(16)13-29/h1-7,14,22H,8-13,15H2,(H,26,32,33). The summed E-state index contributed by atoms with van der Waals surface area (Å²) in [6.07, 6.45) is 3.27. The van der Waals surface area contributed by atoms with E-state index in [-0.39, 0.29) is 18.2 Å². The van der Waals surface area contributed by atoms with Gasteiger partial charge in [-0.1, -0.05) is 35.5 Å². The first-order valence-corrected chi connectivity index (χ1v) is 11.5. The Morgan fingerprint density at radius 1 is 0.971 bits per heavy atom. The minimum absolute atomic E-state index is 0.194. The first kappa shape index (κ1) is 20.7. The smallest absolute Gasteiger partial charge is 0.255 e. The van der Waals surface area contributed by atoms with Crippen molar-refractivity contribution in [3.8, 4) is 5.69 Å². The van der Waals surface area contributed by atoms with Gasteiger partial charge >= 0.3 is 0 Å². The van der Waals surface area contributed by atoms with Crippen molar-refractivity contribution in [2.45, 2.75) is 44.9 Å². The molecule has 3 aliphatic rings. The molecule has 9 nitrogen and oxygen atoms in total. The number of fused-ring (bicyclic) bond motifs is 2. The fourth-order valence-electron chi connectivity index (χ4n) is 5.15. The van der Waals surface area contributed by atoms with Crippen LogP contribution in [0.1, 0.15) is 45.6 Å². The highest BCUT2D eigenvalue weighted by Crippen LogP contribution is 2.31. The Hall–Kier alpha value is -3.85. The lowest BCUT2D eigenvalue weighted by Gasteiger charge is -2.29. The molecule has 3 aliphatic heterocycles. The number of imide groups is 1. The molecule has 1 fully saturated rings. The number of benzene rings is 2. The van der Waals surface area contributed by atoms with E-state index in [1.807, 2.05) is 18.3 Å². The number of amides is 3. The van der Waals surface area contributed by atoms with Crippen LogP contribution in [0.2, 0.25) is 0 Å². The lowest BCUT2D eigenvalue weighted by atomic mass is 10.0. The third-order valence-electron chi connectivity index (χ3n) is 6.94. The average Bonchev–Trinajstić information content (AvgIpc) is 3.55. The number of rotatable bonds is 5. The summed E-state index contributed by atoms with van der Waals surface area (Å²) in [5.41, 5.74) is 5.83. The Morgan fingerprint density at radius 3 is 2.53 bits per heavy atom. The average molecular weight is 457 g/mol. The number of hydrogen-bond donors (Lipinski definition) is 1. The molecule has 0 aliphatic carbocycles. The van der Waals surface area contributed by atoms with Gasteiger partial charge in [-0.25, -0.2) is 4.68 Å². The third kappa shape index (κ3) is 3.58. The minimum atomic E-state index is -0.638. The SMILES string of the molecule is O=C1CCC(N2Cc3c(cccc3-n3cc(CCN4Cc5ccccc5C4)nn3)C2=O)C(=O)N1. The van der Waals surface area contributed by atoms with Gasteiger partial charge in [-0.3, -0.25) is 24.6 Å². The Labute approximate surface area is 196 Å². The molecule has 1 unspecified atom stereocenters. The molecule has 0 bridgehead atoms. The van der Waals surface area contributed by atoms with Crippen LogP contribution < -0.4 is 5.32 Å². The minimum Gasteiger partial charge on any atom is -0.322 e. The molecular weight excluding hydrogens is 432 g/mol. The highest BCUT2D eigenvalue weighted by Gasteiger charge is 2.40. The molecule has 4 heterocycles. The maximum absolute atomic E-state index is 13.1. The van der Waals surface area contributed by atoms with Crippen molar-refractivity contribution in [2.75, 3.05) is 6.54 Å². The first-order valence-electron chi connectivity index (χ1n) is 11.5. The Balaban J connectivity index is 1.17. The molecule has 1 aromatic heterocycles. The van der Waals surface area contributed by atoms with E-state index < -0.39 is 11.9 Å². The molecule has 1 N–H and O–H groups in total. The van der Waals surface area contributed by atoms with Gasteiger partial charge in [-0.05, 0) is 29.7 Å². The van der Waals surface area contributed by atoms with Crippen LogP contribution >= 0.6 is 0 Å². The fraction of sp³-hybridized carbons (Fsp3) is 0.320. The summed E-state index contributed by atoms with van der Waals surface area (Å²) in [5, 5.41) is 11.0. The van der Waals surface area contributed by atoms with Crippen molar-refractivity contribution >= 4 is 17.7 Å². The molecule has 1 atom stereocenters. The van der Waals surface area contributed by atoms with E-state index in [1.165, 1.54) is 11.1 Å². The van der Waals surface area contributed by atoms with Gasteiger partial charge in [-0.2, -0.15) is 0 Å². The van der Waals surface area contributed by atoms with Gasteiger partial charge in [0.25, 0.3) is 5.91 Å². The second kappa shape index (κ2) is 8.18. The van der Waals surface area contributed by atoms with E-state index in [1.54, 1.807) is 15.6 Å². The first-order chi connectivity index (χ1) is 16.6. The normalized spacial score (nSPS) is 19.9.